The Morgan fingerprint density at radius 1 is 1.37 bits per heavy atom. The van der Waals surface area contributed by atoms with Crippen LogP contribution in [0.2, 0.25) is 0 Å². The molecule has 1 amide bonds. The van der Waals surface area contributed by atoms with Crippen LogP contribution in [-0.2, 0) is 9.59 Å². The number of thioether (sulfide) groups is 1. The molecule has 6 heteroatoms. The van der Waals surface area contributed by atoms with Crippen molar-refractivity contribution in [2.24, 2.45) is 0 Å². The molecule has 2 N–H and O–H groups in total. The quantitative estimate of drug-likeness (QED) is 0.746. The van der Waals surface area contributed by atoms with Gasteiger partial charge in [-0.2, -0.15) is 0 Å². The molecule has 0 aliphatic heterocycles. The van der Waals surface area contributed by atoms with Crippen LogP contribution in [0.25, 0.3) is 0 Å². The lowest BCUT2D eigenvalue weighted by Gasteiger charge is -2.15. The first-order chi connectivity index (χ1) is 9.02. The maximum atomic E-state index is 11.8. The van der Waals surface area contributed by atoms with Crippen molar-refractivity contribution in [2.75, 3.05) is 31.7 Å². The van der Waals surface area contributed by atoms with Gasteiger partial charge in [0, 0.05) is 11.4 Å². The standard InChI is InChI=1S/C13H18N2O3S/c1-15(8-7-13(17)18)9-12(16)14-10-5-3-4-6-11(10)19-2/h3-6H,7-9H2,1-2H3,(H,14,16)(H,17,18). The zero-order chi connectivity index (χ0) is 14.3. The number of nitrogens with one attached hydrogen (secondary N) is 1. The monoisotopic (exact) mass is 282 g/mol. The van der Waals surface area contributed by atoms with Gasteiger partial charge in [-0.15, -0.1) is 11.8 Å². The van der Waals surface area contributed by atoms with Crippen molar-refractivity contribution in [3.8, 4) is 0 Å². The summed E-state index contributed by atoms with van der Waals surface area (Å²) in [5.74, 6) is -1.01. The van der Waals surface area contributed by atoms with E-state index < -0.39 is 5.97 Å². The van der Waals surface area contributed by atoms with Crippen LogP contribution in [0.4, 0.5) is 5.69 Å². The van der Waals surface area contributed by atoms with Gasteiger partial charge in [0.1, 0.15) is 0 Å². The van der Waals surface area contributed by atoms with Crippen LogP contribution in [0.3, 0.4) is 0 Å². The number of nitrogens with zero attached hydrogens (tertiary/aromatic N) is 1. The minimum absolute atomic E-state index is 0.0329. The number of para-hydroxylation sites is 1. The number of benzene rings is 1. The maximum Gasteiger partial charge on any atom is 0.304 e. The van der Waals surface area contributed by atoms with Gasteiger partial charge in [0.15, 0.2) is 0 Å². The normalized spacial score (nSPS) is 10.5. The number of aliphatic carboxylic acids is 1. The van der Waals surface area contributed by atoms with Crippen LogP contribution in [0.5, 0.6) is 0 Å². The number of likely N-dealkylation sites (N-methyl/N-ethyl adjacent to an activating group) is 1. The van der Waals surface area contributed by atoms with Crippen LogP contribution in [0.15, 0.2) is 29.2 Å². The van der Waals surface area contributed by atoms with Gasteiger partial charge < -0.3 is 10.4 Å². The second-order valence-corrected chi connectivity index (χ2v) is 4.98. The van der Waals surface area contributed by atoms with Crippen LogP contribution in [0.1, 0.15) is 6.42 Å². The Bertz CT molecular complexity index is 451. The molecule has 0 saturated carbocycles. The minimum atomic E-state index is -0.861. The molecule has 1 aromatic carbocycles. The van der Waals surface area contributed by atoms with E-state index in [1.54, 1.807) is 23.7 Å². The predicted molar refractivity (Wildman–Crippen MR) is 76.6 cm³/mol. The first-order valence-corrected chi connectivity index (χ1v) is 7.08. The number of amides is 1. The summed E-state index contributed by atoms with van der Waals surface area (Å²) in [5, 5.41) is 11.4. The van der Waals surface area contributed by atoms with Gasteiger partial charge in [-0.25, -0.2) is 0 Å². The van der Waals surface area contributed by atoms with Crippen molar-refractivity contribution in [3.05, 3.63) is 24.3 Å². The molecule has 0 aliphatic carbocycles. The zero-order valence-corrected chi connectivity index (χ0v) is 11.9. The fourth-order valence-corrected chi connectivity index (χ4v) is 2.10. The second-order valence-electron chi connectivity index (χ2n) is 4.13. The molecule has 0 unspecified atom stereocenters. The maximum absolute atomic E-state index is 11.8. The lowest BCUT2D eigenvalue weighted by atomic mass is 10.3. The highest BCUT2D eigenvalue weighted by Crippen LogP contribution is 2.24. The molecule has 0 aromatic heterocycles. The van der Waals surface area contributed by atoms with E-state index in [0.717, 1.165) is 10.6 Å². The van der Waals surface area contributed by atoms with Gasteiger partial charge in [-0.1, -0.05) is 12.1 Å². The Balaban J connectivity index is 2.48. The van der Waals surface area contributed by atoms with Crippen molar-refractivity contribution in [1.82, 2.24) is 4.90 Å². The number of carbonyl (C=O) groups is 2. The minimum Gasteiger partial charge on any atom is -0.481 e. The molecule has 0 bridgehead atoms. The Kier molecular flexibility index (Phi) is 6.38. The Morgan fingerprint density at radius 3 is 2.68 bits per heavy atom. The molecule has 1 aromatic rings. The lowest BCUT2D eigenvalue weighted by Crippen LogP contribution is -2.31. The van der Waals surface area contributed by atoms with Crippen LogP contribution < -0.4 is 5.32 Å². The van der Waals surface area contributed by atoms with Gasteiger partial charge in [-0.05, 0) is 25.4 Å². The number of anilines is 1. The SMILES string of the molecule is CSc1ccccc1NC(=O)CN(C)CCC(=O)O. The summed E-state index contributed by atoms with van der Waals surface area (Å²) in [6, 6.07) is 7.57. The van der Waals surface area contributed by atoms with Crippen molar-refractivity contribution in [1.29, 1.82) is 0 Å². The number of hydrogen-bond donors (Lipinski definition) is 2. The average molecular weight is 282 g/mol. The Morgan fingerprint density at radius 2 is 2.05 bits per heavy atom. The van der Waals surface area contributed by atoms with Gasteiger partial charge in [0.2, 0.25) is 5.91 Å². The molecule has 0 radical (unpaired) electrons. The molecule has 0 spiro atoms. The summed E-state index contributed by atoms with van der Waals surface area (Å²) in [6.45, 7) is 0.531. The summed E-state index contributed by atoms with van der Waals surface area (Å²) < 4.78 is 0. The molecule has 19 heavy (non-hydrogen) atoms. The molecular formula is C13H18N2O3S. The second kappa shape index (κ2) is 7.81. The summed E-state index contributed by atoms with van der Waals surface area (Å²) in [7, 11) is 1.73. The van der Waals surface area contributed by atoms with Crippen LogP contribution >= 0.6 is 11.8 Å². The molecule has 0 atom stereocenters. The molecule has 0 aliphatic rings. The van der Waals surface area contributed by atoms with Crippen molar-refractivity contribution in [3.63, 3.8) is 0 Å². The zero-order valence-electron chi connectivity index (χ0n) is 11.0. The van der Waals surface area contributed by atoms with Crippen LogP contribution in [0, 0.1) is 0 Å². The van der Waals surface area contributed by atoms with Crippen LogP contribution in [-0.4, -0.2) is 48.3 Å². The summed E-state index contributed by atoms with van der Waals surface area (Å²) >= 11 is 1.56. The number of carbonyl (C=O) groups excluding carboxylic acids is 1. The largest absolute Gasteiger partial charge is 0.481 e. The van der Waals surface area contributed by atoms with E-state index in [-0.39, 0.29) is 18.9 Å². The third kappa shape index (κ3) is 5.76. The third-order valence-electron chi connectivity index (χ3n) is 2.50. The van der Waals surface area contributed by atoms with Gasteiger partial charge >= 0.3 is 5.97 Å². The van der Waals surface area contributed by atoms with E-state index in [0.29, 0.717) is 6.54 Å². The molecule has 1 rings (SSSR count). The summed E-state index contributed by atoms with van der Waals surface area (Å²) in [4.78, 5) is 24.9. The highest BCUT2D eigenvalue weighted by atomic mass is 32.2. The number of rotatable bonds is 7. The topological polar surface area (TPSA) is 69.6 Å². The Labute approximate surface area is 117 Å². The van der Waals surface area contributed by atoms with E-state index in [1.165, 1.54) is 0 Å². The highest BCUT2D eigenvalue weighted by molar-refractivity contribution is 7.98. The lowest BCUT2D eigenvalue weighted by molar-refractivity contribution is -0.137. The van der Waals surface area contributed by atoms with Gasteiger partial charge in [-0.3, -0.25) is 14.5 Å². The van der Waals surface area contributed by atoms with Crippen molar-refractivity contribution in [2.45, 2.75) is 11.3 Å². The van der Waals surface area contributed by atoms with E-state index >= 15 is 0 Å². The molecule has 0 saturated heterocycles. The molecule has 0 heterocycles. The van der Waals surface area contributed by atoms with E-state index in [9.17, 15) is 9.59 Å². The number of hydrogen-bond acceptors (Lipinski definition) is 4. The Hall–Kier alpha value is -1.53. The van der Waals surface area contributed by atoms with E-state index in [2.05, 4.69) is 5.32 Å². The average Bonchev–Trinajstić information content (AvgIpc) is 2.37. The fraction of sp³-hybridized carbons (Fsp3) is 0.385. The van der Waals surface area contributed by atoms with Gasteiger partial charge in [0.25, 0.3) is 0 Å². The van der Waals surface area contributed by atoms with Crippen molar-refractivity contribution < 1.29 is 14.7 Å². The molecule has 104 valence electrons. The highest BCUT2D eigenvalue weighted by Gasteiger charge is 2.10. The number of carboxylic acid groups (broad SMARTS) is 1. The summed E-state index contributed by atoms with van der Waals surface area (Å²) in [6.07, 6.45) is 1.98. The summed E-state index contributed by atoms with van der Waals surface area (Å²) in [5.41, 5.74) is 0.784. The van der Waals surface area contributed by atoms with E-state index in [4.69, 9.17) is 5.11 Å². The van der Waals surface area contributed by atoms with Gasteiger partial charge in [0.05, 0.1) is 18.7 Å². The smallest absolute Gasteiger partial charge is 0.304 e. The number of carboxylic acids is 1. The molecule has 5 nitrogen and oxygen atoms in total. The van der Waals surface area contributed by atoms with E-state index in [1.807, 2.05) is 30.5 Å². The molecule has 0 fully saturated rings. The van der Waals surface area contributed by atoms with Crippen molar-refractivity contribution >= 4 is 29.3 Å². The predicted octanol–water partition coefficient (Wildman–Crippen LogP) is 1.75. The third-order valence-corrected chi connectivity index (χ3v) is 3.30. The first-order valence-electron chi connectivity index (χ1n) is 5.86. The fourth-order valence-electron chi connectivity index (χ4n) is 1.55. The first kappa shape index (κ1) is 15.5. The molecular weight excluding hydrogens is 264 g/mol.